The number of ether oxygens (including phenoxy) is 1. The minimum atomic E-state index is 0.0624. The SMILES string of the molecule is CCOC1CCC(c2ccc(N)c3c2CN(C)C3=O)CC1. The molecule has 114 valence electrons. The molecular formula is C17H24N2O2. The number of amides is 1. The van der Waals surface area contributed by atoms with Gasteiger partial charge in [-0.15, -0.1) is 0 Å². The Balaban J connectivity index is 1.84. The fourth-order valence-electron chi connectivity index (χ4n) is 3.76. The van der Waals surface area contributed by atoms with Crippen LogP contribution in [0, 0.1) is 0 Å². The van der Waals surface area contributed by atoms with Crippen LogP contribution in [0.15, 0.2) is 12.1 Å². The first kappa shape index (κ1) is 14.4. The van der Waals surface area contributed by atoms with Crippen LogP contribution in [0.25, 0.3) is 0 Å². The van der Waals surface area contributed by atoms with Gasteiger partial charge >= 0.3 is 0 Å². The van der Waals surface area contributed by atoms with Crippen molar-refractivity contribution in [3.05, 3.63) is 28.8 Å². The molecule has 4 heteroatoms. The molecule has 1 aliphatic heterocycles. The van der Waals surface area contributed by atoms with Crippen LogP contribution in [0.1, 0.15) is 60.0 Å². The Morgan fingerprint density at radius 2 is 2.00 bits per heavy atom. The van der Waals surface area contributed by atoms with Crippen molar-refractivity contribution in [3.8, 4) is 0 Å². The standard InChI is InChI=1S/C17H24N2O2/c1-3-21-12-6-4-11(5-7-12)13-8-9-15(18)16-14(13)10-19(2)17(16)20/h8-9,11-12H,3-7,10,18H2,1-2H3. The van der Waals surface area contributed by atoms with E-state index in [9.17, 15) is 4.79 Å². The molecule has 2 aliphatic rings. The molecule has 0 atom stereocenters. The maximum absolute atomic E-state index is 12.2. The molecule has 1 aromatic rings. The van der Waals surface area contributed by atoms with Gasteiger partial charge in [-0.1, -0.05) is 6.07 Å². The van der Waals surface area contributed by atoms with E-state index < -0.39 is 0 Å². The Morgan fingerprint density at radius 1 is 1.29 bits per heavy atom. The van der Waals surface area contributed by atoms with Gasteiger partial charge in [-0.05, 0) is 55.7 Å². The van der Waals surface area contributed by atoms with E-state index in [1.54, 1.807) is 4.90 Å². The third-order valence-corrected chi connectivity index (χ3v) is 4.85. The van der Waals surface area contributed by atoms with Gasteiger partial charge in [-0.3, -0.25) is 4.79 Å². The van der Waals surface area contributed by atoms with Crippen molar-refractivity contribution in [1.29, 1.82) is 0 Å². The van der Waals surface area contributed by atoms with Gasteiger partial charge < -0.3 is 15.4 Å². The molecule has 0 saturated heterocycles. The maximum Gasteiger partial charge on any atom is 0.256 e. The van der Waals surface area contributed by atoms with Crippen molar-refractivity contribution in [1.82, 2.24) is 4.90 Å². The van der Waals surface area contributed by atoms with Gasteiger partial charge in [-0.25, -0.2) is 0 Å². The number of benzene rings is 1. The lowest BCUT2D eigenvalue weighted by molar-refractivity contribution is 0.0327. The lowest BCUT2D eigenvalue weighted by atomic mass is 9.80. The van der Waals surface area contributed by atoms with E-state index in [-0.39, 0.29) is 5.91 Å². The molecule has 0 radical (unpaired) electrons. The van der Waals surface area contributed by atoms with E-state index in [2.05, 4.69) is 13.0 Å². The molecular weight excluding hydrogens is 264 g/mol. The van der Waals surface area contributed by atoms with Crippen LogP contribution >= 0.6 is 0 Å². The van der Waals surface area contributed by atoms with Gasteiger partial charge in [0.15, 0.2) is 0 Å². The summed E-state index contributed by atoms with van der Waals surface area (Å²) < 4.78 is 5.73. The number of carbonyl (C=O) groups is 1. The van der Waals surface area contributed by atoms with Crippen molar-refractivity contribution in [3.63, 3.8) is 0 Å². The molecule has 1 amide bonds. The van der Waals surface area contributed by atoms with E-state index in [0.29, 0.717) is 24.3 Å². The second kappa shape index (κ2) is 5.68. The average molecular weight is 288 g/mol. The quantitative estimate of drug-likeness (QED) is 0.870. The van der Waals surface area contributed by atoms with Crippen LogP contribution in [-0.2, 0) is 11.3 Å². The van der Waals surface area contributed by atoms with Crippen LogP contribution in [0.4, 0.5) is 5.69 Å². The van der Waals surface area contributed by atoms with Gasteiger partial charge in [0, 0.05) is 25.9 Å². The molecule has 0 spiro atoms. The van der Waals surface area contributed by atoms with Crippen LogP contribution in [-0.4, -0.2) is 30.6 Å². The number of carbonyl (C=O) groups excluding carboxylic acids is 1. The van der Waals surface area contributed by atoms with Crippen molar-refractivity contribution >= 4 is 11.6 Å². The van der Waals surface area contributed by atoms with Crippen molar-refractivity contribution < 1.29 is 9.53 Å². The lowest BCUT2D eigenvalue weighted by Crippen LogP contribution is -2.21. The summed E-state index contributed by atoms with van der Waals surface area (Å²) in [6.45, 7) is 3.55. The first-order chi connectivity index (χ1) is 10.1. The maximum atomic E-state index is 12.2. The first-order valence-electron chi connectivity index (χ1n) is 7.90. The molecule has 1 aliphatic carbocycles. The number of anilines is 1. The Kier molecular flexibility index (Phi) is 3.89. The lowest BCUT2D eigenvalue weighted by Gasteiger charge is -2.29. The average Bonchev–Trinajstić information content (AvgIpc) is 2.78. The van der Waals surface area contributed by atoms with Crippen LogP contribution in [0.3, 0.4) is 0 Å². The number of rotatable bonds is 3. The predicted molar refractivity (Wildman–Crippen MR) is 83.3 cm³/mol. The number of hydrogen-bond donors (Lipinski definition) is 1. The summed E-state index contributed by atoms with van der Waals surface area (Å²) in [6.07, 6.45) is 4.91. The highest BCUT2D eigenvalue weighted by molar-refractivity contribution is 6.03. The summed E-state index contributed by atoms with van der Waals surface area (Å²) in [4.78, 5) is 14.0. The number of nitrogen functional groups attached to an aromatic ring is 1. The third kappa shape index (κ3) is 2.53. The number of hydrogen-bond acceptors (Lipinski definition) is 3. The van der Waals surface area contributed by atoms with Crippen molar-refractivity contribution in [2.24, 2.45) is 0 Å². The van der Waals surface area contributed by atoms with Crippen LogP contribution in [0.2, 0.25) is 0 Å². The first-order valence-corrected chi connectivity index (χ1v) is 7.90. The molecule has 0 aromatic heterocycles. The van der Waals surface area contributed by atoms with Crippen molar-refractivity contribution in [2.45, 2.75) is 51.2 Å². The van der Waals surface area contributed by atoms with E-state index in [1.165, 1.54) is 5.56 Å². The van der Waals surface area contributed by atoms with Crippen molar-refractivity contribution in [2.75, 3.05) is 19.4 Å². The van der Waals surface area contributed by atoms with Crippen LogP contribution < -0.4 is 5.73 Å². The summed E-state index contributed by atoms with van der Waals surface area (Å²) in [6, 6.07) is 4.03. The highest BCUT2D eigenvalue weighted by Gasteiger charge is 2.32. The summed E-state index contributed by atoms with van der Waals surface area (Å²) in [7, 11) is 1.84. The number of fused-ring (bicyclic) bond motifs is 1. The summed E-state index contributed by atoms with van der Waals surface area (Å²) in [5.74, 6) is 0.600. The fraction of sp³-hybridized carbons (Fsp3) is 0.588. The minimum Gasteiger partial charge on any atom is -0.398 e. The molecule has 4 nitrogen and oxygen atoms in total. The second-order valence-corrected chi connectivity index (χ2v) is 6.19. The van der Waals surface area contributed by atoms with E-state index in [4.69, 9.17) is 10.5 Å². The molecule has 3 rings (SSSR count). The molecule has 21 heavy (non-hydrogen) atoms. The minimum absolute atomic E-state index is 0.0624. The smallest absolute Gasteiger partial charge is 0.256 e. The zero-order valence-electron chi connectivity index (χ0n) is 12.9. The van der Waals surface area contributed by atoms with Gasteiger partial charge in [-0.2, -0.15) is 0 Å². The molecule has 1 saturated carbocycles. The van der Waals surface area contributed by atoms with Gasteiger partial charge in [0.05, 0.1) is 11.7 Å². The summed E-state index contributed by atoms with van der Waals surface area (Å²) in [5, 5.41) is 0. The molecule has 1 aromatic carbocycles. The van der Waals surface area contributed by atoms with E-state index in [1.807, 2.05) is 13.1 Å². The zero-order chi connectivity index (χ0) is 15.0. The highest BCUT2D eigenvalue weighted by Crippen LogP contribution is 2.40. The normalized spacial score (nSPS) is 25.2. The topological polar surface area (TPSA) is 55.6 Å². The molecule has 2 N–H and O–H groups in total. The summed E-state index contributed by atoms with van der Waals surface area (Å²) in [5.41, 5.74) is 9.85. The van der Waals surface area contributed by atoms with Crippen LogP contribution in [0.5, 0.6) is 0 Å². The van der Waals surface area contributed by atoms with E-state index >= 15 is 0 Å². The van der Waals surface area contributed by atoms with Gasteiger partial charge in [0.2, 0.25) is 0 Å². The zero-order valence-corrected chi connectivity index (χ0v) is 12.9. The van der Waals surface area contributed by atoms with Gasteiger partial charge in [0.1, 0.15) is 0 Å². The monoisotopic (exact) mass is 288 g/mol. The van der Waals surface area contributed by atoms with E-state index in [0.717, 1.165) is 43.4 Å². The number of nitrogens with zero attached hydrogens (tertiary/aromatic N) is 1. The molecule has 0 unspecified atom stereocenters. The Labute approximate surface area is 126 Å². The largest absolute Gasteiger partial charge is 0.398 e. The van der Waals surface area contributed by atoms with Gasteiger partial charge in [0.25, 0.3) is 5.91 Å². The second-order valence-electron chi connectivity index (χ2n) is 6.19. The Hall–Kier alpha value is -1.55. The number of nitrogens with two attached hydrogens (primary N) is 1. The fourth-order valence-corrected chi connectivity index (χ4v) is 3.76. The Morgan fingerprint density at radius 3 is 2.67 bits per heavy atom. The Bertz CT molecular complexity index is 548. The summed E-state index contributed by atoms with van der Waals surface area (Å²) >= 11 is 0. The predicted octanol–water partition coefficient (Wildman–Crippen LogP) is 2.92. The molecule has 1 heterocycles. The third-order valence-electron chi connectivity index (χ3n) is 4.85. The highest BCUT2D eigenvalue weighted by atomic mass is 16.5. The molecule has 0 bridgehead atoms. The molecule has 1 fully saturated rings.